The van der Waals surface area contributed by atoms with E-state index in [0.29, 0.717) is 11.4 Å². The molecule has 0 aliphatic rings. The molecule has 0 fully saturated rings. The number of nitrogens with two attached hydrogens (primary N) is 1. The number of carbonyl (C=O) groups excluding carboxylic acids is 1. The van der Waals surface area contributed by atoms with Gasteiger partial charge in [-0.25, -0.2) is 9.78 Å². The lowest BCUT2D eigenvalue weighted by molar-refractivity contribution is 0.0634. The van der Waals surface area contributed by atoms with Crippen molar-refractivity contribution in [2.24, 2.45) is 0 Å². The van der Waals surface area contributed by atoms with Gasteiger partial charge in [-0.05, 0) is 20.8 Å². The largest absolute Gasteiger partial charge is 0.493 e. The van der Waals surface area contributed by atoms with Crippen molar-refractivity contribution in [3.8, 4) is 5.75 Å². The van der Waals surface area contributed by atoms with Crippen molar-refractivity contribution in [1.82, 2.24) is 4.98 Å². The van der Waals surface area contributed by atoms with Gasteiger partial charge >= 0.3 is 6.09 Å². The first-order chi connectivity index (χ1) is 7.81. The van der Waals surface area contributed by atoms with Crippen LogP contribution in [0.15, 0.2) is 12.3 Å². The number of rotatable bonds is 2. The van der Waals surface area contributed by atoms with Crippen molar-refractivity contribution in [3.63, 3.8) is 0 Å². The maximum atomic E-state index is 11.5. The number of amides is 1. The number of nitrogen functional groups attached to an aromatic ring is 1. The van der Waals surface area contributed by atoms with Crippen molar-refractivity contribution in [3.05, 3.63) is 12.3 Å². The van der Waals surface area contributed by atoms with Gasteiger partial charge in [0.15, 0.2) is 11.6 Å². The minimum atomic E-state index is -0.590. The molecule has 6 heteroatoms. The Morgan fingerprint density at radius 1 is 1.47 bits per heavy atom. The monoisotopic (exact) mass is 239 g/mol. The number of pyridine rings is 1. The Balaban J connectivity index is 2.78. The van der Waals surface area contributed by atoms with E-state index in [1.165, 1.54) is 13.3 Å². The molecule has 0 aliphatic carbocycles. The zero-order valence-corrected chi connectivity index (χ0v) is 10.4. The topological polar surface area (TPSA) is 86.5 Å². The second-order valence-electron chi connectivity index (χ2n) is 4.45. The number of ether oxygens (including phenoxy) is 2. The van der Waals surface area contributed by atoms with E-state index < -0.39 is 11.7 Å². The van der Waals surface area contributed by atoms with Crippen molar-refractivity contribution in [2.75, 3.05) is 18.2 Å². The minimum Gasteiger partial charge on any atom is -0.493 e. The number of anilines is 2. The molecule has 0 aliphatic heterocycles. The lowest BCUT2D eigenvalue weighted by Crippen LogP contribution is -2.27. The standard InChI is InChI=1S/C11H17N3O3/c1-11(2,3)17-10(15)14-9-8(16-4)5-7(12)6-13-9/h5-6H,12H2,1-4H3,(H,13,14,15). The first-order valence-electron chi connectivity index (χ1n) is 5.11. The molecule has 1 amide bonds. The Hall–Kier alpha value is -1.98. The Morgan fingerprint density at radius 3 is 2.65 bits per heavy atom. The third kappa shape index (κ3) is 4.18. The molecule has 0 bridgehead atoms. The van der Waals surface area contributed by atoms with Crippen LogP contribution in [0.25, 0.3) is 0 Å². The smallest absolute Gasteiger partial charge is 0.413 e. The summed E-state index contributed by atoms with van der Waals surface area (Å²) in [5, 5.41) is 2.49. The molecule has 6 nitrogen and oxygen atoms in total. The Kier molecular flexibility index (Phi) is 3.77. The van der Waals surface area contributed by atoms with Gasteiger partial charge in [0, 0.05) is 6.07 Å². The summed E-state index contributed by atoms with van der Waals surface area (Å²) in [6, 6.07) is 1.57. The molecule has 1 heterocycles. The second kappa shape index (κ2) is 4.90. The molecule has 1 aromatic heterocycles. The third-order valence-electron chi connectivity index (χ3n) is 1.71. The van der Waals surface area contributed by atoms with Crippen molar-refractivity contribution in [1.29, 1.82) is 0 Å². The second-order valence-corrected chi connectivity index (χ2v) is 4.45. The minimum absolute atomic E-state index is 0.274. The fourth-order valence-electron chi connectivity index (χ4n) is 1.11. The Bertz CT molecular complexity index is 413. The summed E-state index contributed by atoms with van der Waals surface area (Å²) in [6.45, 7) is 5.33. The summed E-state index contributed by atoms with van der Waals surface area (Å²) in [6.07, 6.45) is 0.836. The SMILES string of the molecule is COc1cc(N)cnc1NC(=O)OC(C)(C)C. The van der Waals surface area contributed by atoms with Gasteiger partial charge in [-0.2, -0.15) is 0 Å². The van der Waals surface area contributed by atoms with E-state index in [-0.39, 0.29) is 5.82 Å². The van der Waals surface area contributed by atoms with E-state index in [0.717, 1.165) is 0 Å². The predicted octanol–water partition coefficient (Wildman–Crippen LogP) is 2.02. The van der Waals surface area contributed by atoms with Crippen molar-refractivity contribution < 1.29 is 14.3 Å². The zero-order chi connectivity index (χ0) is 13.1. The van der Waals surface area contributed by atoms with E-state index in [9.17, 15) is 4.79 Å². The van der Waals surface area contributed by atoms with E-state index in [1.807, 2.05) is 0 Å². The van der Waals surface area contributed by atoms with Gasteiger partial charge in [-0.15, -0.1) is 0 Å². The van der Waals surface area contributed by atoms with Gasteiger partial charge in [-0.1, -0.05) is 0 Å². The Labute approximate surface area is 100 Å². The fraction of sp³-hybridized carbons (Fsp3) is 0.455. The third-order valence-corrected chi connectivity index (χ3v) is 1.71. The summed E-state index contributed by atoms with van der Waals surface area (Å²) in [5.74, 6) is 0.659. The van der Waals surface area contributed by atoms with E-state index in [4.69, 9.17) is 15.2 Å². The van der Waals surface area contributed by atoms with Crippen LogP contribution in [0.1, 0.15) is 20.8 Å². The average Bonchev–Trinajstić information content (AvgIpc) is 2.17. The summed E-state index contributed by atoms with van der Waals surface area (Å²) in [5.41, 5.74) is 5.44. The molecule has 1 rings (SSSR count). The van der Waals surface area contributed by atoms with Gasteiger partial charge < -0.3 is 15.2 Å². The highest BCUT2D eigenvalue weighted by Crippen LogP contribution is 2.24. The molecule has 0 unspecified atom stereocenters. The molecule has 0 aromatic carbocycles. The maximum absolute atomic E-state index is 11.5. The molecule has 0 saturated carbocycles. The summed E-state index contributed by atoms with van der Waals surface area (Å²) in [4.78, 5) is 15.5. The van der Waals surface area contributed by atoms with Crippen LogP contribution in [0, 0.1) is 0 Å². The quantitative estimate of drug-likeness (QED) is 0.824. The highest BCUT2D eigenvalue weighted by Gasteiger charge is 2.18. The number of hydrogen-bond donors (Lipinski definition) is 2. The van der Waals surface area contributed by atoms with Crippen LogP contribution in [0.3, 0.4) is 0 Å². The van der Waals surface area contributed by atoms with E-state index in [2.05, 4.69) is 10.3 Å². The molecule has 0 radical (unpaired) electrons. The van der Waals surface area contributed by atoms with Gasteiger partial charge in [-0.3, -0.25) is 5.32 Å². The molecule has 0 saturated heterocycles. The summed E-state index contributed by atoms with van der Waals surface area (Å²) >= 11 is 0. The summed E-state index contributed by atoms with van der Waals surface area (Å²) < 4.78 is 10.1. The summed E-state index contributed by atoms with van der Waals surface area (Å²) in [7, 11) is 1.47. The first kappa shape index (κ1) is 13.1. The van der Waals surface area contributed by atoms with Crippen LogP contribution in [0.4, 0.5) is 16.3 Å². The highest BCUT2D eigenvalue weighted by molar-refractivity contribution is 5.85. The molecule has 94 valence electrons. The van der Waals surface area contributed by atoms with Crippen LogP contribution in [-0.4, -0.2) is 23.8 Å². The van der Waals surface area contributed by atoms with Gasteiger partial charge in [0.2, 0.25) is 0 Å². The molecule has 17 heavy (non-hydrogen) atoms. The number of aromatic nitrogens is 1. The number of nitrogens with zero attached hydrogens (tertiary/aromatic N) is 1. The predicted molar refractivity (Wildman–Crippen MR) is 65.1 cm³/mol. The molecule has 1 aromatic rings. The van der Waals surface area contributed by atoms with Gasteiger partial charge in [0.1, 0.15) is 5.60 Å². The van der Waals surface area contributed by atoms with Crippen molar-refractivity contribution >= 4 is 17.6 Å². The lowest BCUT2D eigenvalue weighted by Gasteiger charge is -2.19. The van der Waals surface area contributed by atoms with Gasteiger partial charge in [0.05, 0.1) is 19.0 Å². The van der Waals surface area contributed by atoms with Crippen LogP contribution in [0.2, 0.25) is 0 Å². The first-order valence-corrected chi connectivity index (χ1v) is 5.11. The lowest BCUT2D eigenvalue weighted by atomic mass is 10.2. The molecule has 3 N–H and O–H groups in total. The number of carbonyl (C=O) groups is 1. The normalized spacial score (nSPS) is 10.8. The van der Waals surface area contributed by atoms with Crippen LogP contribution in [-0.2, 0) is 4.74 Å². The van der Waals surface area contributed by atoms with Gasteiger partial charge in [0.25, 0.3) is 0 Å². The molecule has 0 spiro atoms. The highest BCUT2D eigenvalue weighted by atomic mass is 16.6. The molecule has 0 atom stereocenters. The zero-order valence-electron chi connectivity index (χ0n) is 10.4. The molecular formula is C11H17N3O3. The number of hydrogen-bond acceptors (Lipinski definition) is 5. The van der Waals surface area contributed by atoms with E-state index >= 15 is 0 Å². The van der Waals surface area contributed by atoms with Crippen molar-refractivity contribution in [2.45, 2.75) is 26.4 Å². The number of nitrogens with one attached hydrogen (secondary N) is 1. The van der Waals surface area contributed by atoms with Crippen LogP contribution < -0.4 is 15.8 Å². The molecular weight excluding hydrogens is 222 g/mol. The fourth-order valence-corrected chi connectivity index (χ4v) is 1.11. The Morgan fingerprint density at radius 2 is 2.12 bits per heavy atom. The number of methoxy groups -OCH3 is 1. The maximum Gasteiger partial charge on any atom is 0.413 e. The van der Waals surface area contributed by atoms with Crippen LogP contribution >= 0.6 is 0 Å². The van der Waals surface area contributed by atoms with Crippen LogP contribution in [0.5, 0.6) is 5.75 Å². The van der Waals surface area contributed by atoms with E-state index in [1.54, 1.807) is 26.8 Å². The average molecular weight is 239 g/mol.